The number of carbonyl (C=O) groups excluding carboxylic acids is 1. The van der Waals surface area contributed by atoms with E-state index in [0.717, 1.165) is 12.1 Å². The number of rotatable bonds is 2. The lowest BCUT2D eigenvalue weighted by molar-refractivity contribution is 0.102. The molecular formula is C16H14Cl2F2N2O2. The number of nitrogens with two attached hydrogens (primary N) is 1. The summed E-state index contributed by atoms with van der Waals surface area (Å²) in [4.78, 5) is 12.4. The average Bonchev–Trinajstić information content (AvgIpc) is 2.51. The summed E-state index contributed by atoms with van der Waals surface area (Å²) >= 11 is 6.13. The Bertz CT molecular complexity index is 787. The molecule has 128 valence electrons. The van der Waals surface area contributed by atoms with Crippen molar-refractivity contribution in [2.45, 2.75) is 12.5 Å². The van der Waals surface area contributed by atoms with E-state index in [-0.39, 0.29) is 29.7 Å². The van der Waals surface area contributed by atoms with Gasteiger partial charge < -0.3 is 15.8 Å². The SMILES string of the molecule is Cl.N[C@H]1CCOc2c(C(=O)Nc3ccc(F)c(F)c3)ccc(Cl)c21. The molecule has 1 atom stereocenters. The largest absolute Gasteiger partial charge is 0.492 e. The molecule has 0 spiro atoms. The van der Waals surface area contributed by atoms with E-state index in [0.29, 0.717) is 29.4 Å². The Morgan fingerprint density at radius 2 is 2.00 bits per heavy atom. The number of ether oxygens (including phenoxy) is 1. The van der Waals surface area contributed by atoms with Gasteiger partial charge in [0.05, 0.1) is 12.2 Å². The second-order valence-corrected chi connectivity index (χ2v) is 5.57. The number of benzene rings is 2. The number of amides is 1. The number of nitrogens with one attached hydrogen (secondary N) is 1. The van der Waals surface area contributed by atoms with Crippen LogP contribution in [0, 0.1) is 11.6 Å². The Hall–Kier alpha value is -1.89. The van der Waals surface area contributed by atoms with Gasteiger partial charge in [0.1, 0.15) is 5.75 Å². The van der Waals surface area contributed by atoms with Crippen LogP contribution in [0.3, 0.4) is 0 Å². The minimum atomic E-state index is -1.04. The van der Waals surface area contributed by atoms with Crippen LogP contribution < -0.4 is 15.8 Å². The summed E-state index contributed by atoms with van der Waals surface area (Å²) < 4.78 is 31.7. The smallest absolute Gasteiger partial charge is 0.259 e. The van der Waals surface area contributed by atoms with Gasteiger partial charge in [-0.1, -0.05) is 11.6 Å². The Kier molecular flexibility index (Phi) is 5.64. The highest BCUT2D eigenvalue weighted by Crippen LogP contribution is 2.39. The first kappa shape index (κ1) is 18.4. The number of halogens is 4. The van der Waals surface area contributed by atoms with Crippen LogP contribution in [0.25, 0.3) is 0 Å². The average molecular weight is 375 g/mol. The molecule has 3 rings (SSSR count). The molecule has 3 N–H and O–H groups in total. The maximum Gasteiger partial charge on any atom is 0.259 e. The Morgan fingerprint density at radius 1 is 1.25 bits per heavy atom. The van der Waals surface area contributed by atoms with Gasteiger partial charge in [0.2, 0.25) is 0 Å². The maximum absolute atomic E-state index is 13.2. The molecule has 1 aliphatic rings. The van der Waals surface area contributed by atoms with E-state index in [1.54, 1.807) is 6.07 Å². The second-order valence-electron chi connectivity index (χ2n) is 5.16. The maximum atomic E-state index is 13.2. The summed E-state index contributed by atoms with van der Waals surface area (Å²) in [7, 11) is 0. The third kappa shape index (κ3) is 3.45. The van der Waals surface area contributed by atoms with Crippen LogP contribution in [0.4, 0.5) is 14.5 Å². The van der Waals surface area contributed by atoms with Gasteiger partial charge in [-0.3, -0.25) is 4.79 Å². The minimum Gasteiger partial charge on any atom is -0.492 e. The molecule has 24 heavy (non-hydrogen) atoms. The van der Waals surface area contributed by atoms with Gasteiger partial charge in [-0.15, -0.1) is 12.4 Å². The van der Waals surface area contributed by atoms with Crippen molar-refractivity contribution in [3.8, 4) is 5.75 Å². The van der Waals surface area contributed by atoms with E-state index in [1.165, 1.54) is 12.1 Å². The molecule has 0 saturated carbocycles. The molecule has 2 aromatic carbocycles. The van der Waals surface area contributed by atoms with Crippen LogP contribution in [0.2, 0.25) is 5.02 Å². The van der Waals surface area contributed by atoms with Gasteiger partial charge >= 0.3 is 0 Å². The fourth-order valence-electron chi connectivity index (χ4n) is 2.46. The molecule has 0 unspecified atom stereocenters. The molecule has 2 aromatic rings. The summed E-state index contributed by atoms with van der Waals surface area (Å²) in [6.45, 7) is 0.375. The molecule has 4 nitrogen and oxygen atoms in total. The van der Waals surface area contributed by atoms with E-state index in [2.05, 4.69) is 5.32 Å². The summed E-state index contributed by atoms with van der Waals surface area (Å²) in [6.07, 6.45) is 0.598. The quantitative estimate of drug-likeness (QED) is 0.832. The van der Waals surface area contributed by atoms with Crippen molar-refractivity contribution in [2.24, 2.45) is 5.73 Å². The van der Waals surface area contributed by atoms with Crippen LogP contribution in [0.1, 0.15) is 28.4 Å². The summed E-state index contributed by atoms with van der Waals surface area (Å²) in [6, 6.07) is 5.87. The lowest BCUT2D eigenvalue weighted by Crippen LogP contribution is -2.24. The normalized spacial score (nSPS) is 15.8. The molecular weight excluding hydrogens is 361 g/mol. The Balaban J connectivity index is 0.00000208. The van der Waals surface area contributed by atoms with Gasteiger partial charge in [0.25, 0.3) is 5.91 Å². The molecule has 0 radical (unpaired) electrons. The first-order valence-corrected chi connectivity index (χ1v) is 7.32. The van der Waals surface area contributed by atoms with Gasteiger partial charge in [-0.2, -0.15) is 0 Å². The van der Waals surface area contributed by atoms with E-state index in [1.807, 2.05) is 0 Å². The van der Waals surface area contributed by atoms with Crippen molar-refractivity contribution in [3.63, 3.8) is 0 Å². The zero-order valence-electron chi connectivity index (χ0n) is 12.3. The zero-order valence-corrected chi connectivity index (χ0v) is 13.9. The molecule has 0 aromatic heterocycles. The summed E-state index contributed by atoms with van der Waals surface area (Å²) in [5.74, 6) is -2.21. The van der Waals surface area contributed by atoms with E-state index in [4.69, 9.17) is 22.1 Å². The predicted molar refractivity (Wildman–Crippen MR) is 90.1 cm³/mol. The highest BCUT2D eigenvalue weighted by atomic mass is 35.5. The Labute approximate surface area is 148 Å². The third-order valence-electron chi connectivity index (χ3n) is 3.61. The number of carbonyl (C=O) groups is 1. The Morgan fingerprint density at radius 3 is 2.71 bits per heavy atom. The fraction of sp³-hybridized carbons (Fsp3) is 0.188. The third-order valence-corrected chi connectivity index (χ3v) is 3.94. The number of hydrogen-bond acceptors (Lipinski definition) is 3. The lowest BCUT2D eigenvalue weighted by atomic mass is 9.98. The first-order chi connectivity index (χ1) is 11.0. The van der Waals surface area contributed by atoms with Gasteiger partial charge in [0.15, 0.2) is 11.6 Å². The lowest BCUT2D eigenvalue weighted by Gasteiger charge is -2.25. The highest BCUT2D eigenvalue weighted by Gasteiger charge is 2.26. The molecule has 1 aliphatic heterocycles. The van der Waals surface area contributed by atoms with Crippen molar-refractivity contribution in [1.29, 1.82) is 0 Å². The van der Waals surface area contributed by atoms with Crippen LogP contribution in [-0.2, 0) is 0 Å². The van der Waals surface area contributed by atoms with Crippen molar-refractivity contribution < 1.29 is 18.3 Å². The highest BCUT2D eigenvalue weighted by molar-refractivity contribution is 6.32. The minimum absolute atomic E-state index is 0. The topological polar surface area (TPSA) is 64.3 Å². The second kappa shape index (κ2) is 7.34. The van der Waals surface area contributed by atoms with Crippen LogP contribution in [0.15, 0.2) is 30.3 Å². The molecule has 0 bridgehead atoms. The van der Waals surface area contributed by atoms with Crippen molar-refractivity contribution >= 4 is 35.6 Å². The molecule has 0 fully saturated rings. The van der Waals surface area contributed by atoms with Crippen molar-refractivity contribution in [1.82, 2.24) is 0 Å². The van der Waals surface area contributed by atoms with E-state index >= 15 is 0 Å². The number of hydrogen-bond donors (Lipinski definition) is 2. The molecule has 0 saturated heterocycles. The molecule has 8 heteroatoms. The summed E-state index contributed by atoms with van der Waals surface area (Å²) in [5.41, 5.74) is 6.97. The van der Waals surface area contributed by atoms with Crippen LogP contribution in [0.5, 0.6) is 5.75 Å². The first-order valence-electron chi connectivity index (χ1n) is 6.94. The van der Waals surface area contributed by atoms with E-state index < -0.39 is 17.5 Å². The molecule has 0 aliphatic carbocycles. The zero-order chi connectivity index (χ0) is 16.6. The fourth-order valence-corrected chi connectivity index (χ4v) is 2.75. The van der Waals surface area contributed by atoms with Crippen LogP contribution in [-0.4, -0.2) is 12.5 Å². The summed E-state index contributed by atoms with van der Waals surface area (Å²) in [5, 5.41) is 2.93. The standard InChI is InChI=1S/C16H13ClF2N2O2.ClH/c17-10-3-2-9(15-14(10)13(20)5-6-23-15)16(22)21-8-1-4-11(18)12(19)7-8;/h1-4,7,13H,5-6,20H2,(H,21,22);1H/t13-;/m0./s1. The predicted octanol–water partition coefficient (Wildman–Crippen LogP) is 4.07. The molecule has 1 amide bonds. The molecule has 1 heterocycles. The van der Waals surface area contributed by atoms with Crippen molar-refractivity contribution in [2.75, 3.05) is 11.9 Å². The van der Waals surface area contributed by atoms with Gasteiger partial charge in [0, 0.05) is 34.8 Å². The van der Waals surface area contributed by atoms with Crippen molar-refractivity contribution in [3.05, 3.63) is 58.1 Å². The number of fused-ring (bicyclic) bond motifs is 1. The monoisotopic (exact) mass is 374 g/mol. The van der Waals surface area contributed by atoms with Gasteiger partial charge in [-0.25, -0.2) is 8.78 Å². The number of anilines is 1. The van der Waals surface area contributed by atoms with Gasteiger partial charge in [-0.05, 0) is 24.3 Å². The van der Waals surface area contributed by atoms with Crippen LogP contribution >= 0.6 is 24.0 Å². The van der Waals surface area contributed by atoms with E-state index in [9.17, 15) is 13.6 Å².